The lowest BCUT2D eigenvalue weighted by Gasteiger charge is -2.33. The molecule has 3 N–H and O–H groups in total. The van der Waals surface area contributed by atoms with Crippen LogP contribution in [-0.4, -0.2) is 35.2 Å². The molecule has 1 aliphatic heterocycles. The maximum absolute atomic E-state index is 13.7. The Hall–Kier alpha value is -3.36. The lowest BCUT2D eigenvalue weighted by Crippen LogP contribution is -2.51. The average molecular weight is 586 g/mol. The van der Waals surface area contributed by atoms with E-state index >= 15 is 0 Å². The molecule has 42 heavy (non-hydrogen) atoms. The molecular formula is C33H42F3N3O3. The summed E-state index contributed by atoms with van der Waals surface area (Å²) < 4.78 is 39.0. The second kappa shape index (κ2) is 14.2. The molecule has 2 unspecified atom stereocenters. The number of benzene rings is 2. The van der Waals surface area contributed by atoms with Gasteiger partial charge in [-0.3, -0.25) is 14.4 Å². The molecule has 1 saturated carbocycles. The van der Waals surface area contributed by atoms with E-state index in [0.717, 1.165) is 68.2 Å². The third-order valence-corrected chi connectivity index (χ3v) is 8.81. The van der Waals surface area contributed by atoms with Crippen LogP contribution >= 0.6 is 0 Å². The summed E-state index contributed by atoms with van der Waals surface area (Å²) in [5.74, 6) is -1.55. The van der Waals surface area contributed by atoms with Gasteiger partial charge in [-0.1, -0.05) is 69.4 Å². The first-order valence-electron chi connectivity index (χ1n) is 15.2. The average Bonchev–Trinajstić information content (AvgIpc) is 3.10. The lowest BCUT2D eigenvalue weighted by molar-refractivity contribution is -0.140. The quantitative estimate of drug-likeness (QED) is 0.299. The highest BCUT2D eigenvalue weighted by atomic mass is 19.4. The van der Waals surface area contributed by atoms with Crippen LogP contribution in [0.2, 0.25) is 0 Å². The molecule has 0 radical (unpaired) electrons. The highest BCUT2D eigenvalue weighted by molar-refractivity contribution is 5.91. The van der Waals surface area contributed by atoms with Gasteiger partial charge in [0.1, 0.15) is 6.04 Å². The van der Waals surface area contributed by atoms with Crippen LogP contribution in [0, 0.1) is 17.8 Å². The molecule has 4 rings (SSSR count). The zero-order valence-electron chi connectivity index (χ0n) is 24.3. The summed E-state index contributed by atoms with van der Waals surface area (Å²) >= 11 is 0. The first-order chi connectivity index (χ1) is 20.1. The van der Waals surface area contributed by atoms with Crippen LogP contribution in [0.5, 0.6) is 0 Å². The fourth-order valence-corrected chi connectivity index (χ4v) is 6.10. The molecule has 2 aliphatic rings. The van der Waals surface area contributed by atoms with Gasteiger partial charge >= 0.3 is 6.18 Å². The number of carbonyl (C=O) groups is 3. The van der Waals surface area contributed by atoms with Gasteiger partial charge in [-0.25, -0.2) is 0 Å². The van der Waals surface area contributed by atoms with E-state index in [1.165, 1.54) is 12.1 Å². The number of nitrogens with one attached hydrogen (secondary N) is 1. The number of unbranched alkanes of at least 4 members (excludes halogenated alkanes) is 1. The van der Waals surface area contributed by atoms with Crippen LogP contribution in [0.3, 0.4) is 0 Å². The van der Waals surface area contributed by atoms with Gasteiger partial charge in [0.2, 0.25) is 17.7 Å². The fraction of sp³-hybridized carbons (Fsp3) is 0.545. The third-order valence-electron chi connectivity index (χ3n) is 8.81. The van der Waals surface area contributed by atoms with Crippen molar-refractivity contribution in [1.29, 1.82) is 0 Å². The number of halogens is 3. The summed E-state index contributed by atoms with van der Waals surface area (Å²) in [6, 6.07) is 11.8. The Labute approximate surface area is 246 Å². The summed E-state index contributed by atoms with van der Waals surface area (Å²) in [7, 11) is 0. The largest absolute Gasteiger partial charge is 0.416 e. The Morgan fingerprint density at radius 3 is 2.36 bits per heavy atom. The Kier molecular flexibility index (Phi) is 10.7. The first-order valence-corrected chi connectivity index (χ1v) is 15.2. The number of amides is 3. The van der Waals surface area contributed by atoms with Crippen LogP contribution < -0.4 is 11.1 Å². The molecule has 1 aliphatic carbocycles. The second-order valence-electron chi connectivity index (χ2n) is 11.9. The molecule has 2 fully saturated rings. The maximum Gasteiger partial charge on any atom is 0.416 e. The van der Waals surface area contributed by atoms with E-state index in [2.05, 4.69) is 5.32 Å². The van der Waals surface area contributed by atoms with Crippen molar-refractivity contribution in [1.82, 2.24) is 10.2 Å². The van der Waals surface area contributed by atoms with Gasteiger partial charge in [-0.2, -0.15) is 13.2 Å². The Morgan fingerprint density at radius 1 is 1.00 bits per heavy atom. The number of rotatable bonds is 12. The molecule has 9 heteroatoms. The molecule has 1 heterocycles. The minimum atomic E-state index is -4.40. The summed E-state index contributed by atoms with van der Waals surface area (Å²) in [6.45, 7) is 2.91. The van der Waals surface area contributed by atoms with Gasteiger partial charge < -0.3 is 16.0 Å². The second-order valence-corrected chi connectivity index (χ2v) is 11.9. The van der Waals surface area contributed by atoms with E-state index in [1.54, 1.807) is 4.90 Å². The molecule has 0 spiro atoms. The van der Waals surface area contributed by atoms with Crippen LogP contribution in [0.15, 0.2) is 48.5 Å². The number of primary amides is 1. The number of hydrogen-bond donors (Lipinski definition) is 2. The highest BCUT2D eigenvalue weighted by Gasteiger charge is 2.38. The van der Waals surface area contributed by atoms with E-state index in [4.69, 9.17) is 5.73 Å². The molecule has 3 atom stereocenters. The summed E-state index contributed by atoms with van der Waals surface area (Å²) in [5, 5.41) is 3.01. The Morgan fingerprint density at radius 2 is 1.74 bits per heavy atom. The number of carbonyl (C=O) groups excluding carboxylic acids is 3. The maximum atomic E-state index is 13.7. The van der Waals surface area contributed by atoms with Crippen LogP contribution in [-0.2, 0) is 27.1 Å². The monoisotopic (exact) mass is 585 g/mol. The topological polar surface area (TPSA) is 92.5 Å². The SMILES string of the molecule is CCCCC(C(N)=O)C(CC1CCC1)C(=O)N[C@H]1CCCCN(Cc2cccc(-c3ccc(C(F)(F)F)cc3)c2)C1=O. The van der Waals surface area contributed by atoms with Crippen molar-refractivity contribution in [2.45, 2.75) is 89.9 Å². The Balaban J connectivity index is 1.46. The van der Waals surface area contributed by atoms with E-state index in [9.17, 15) is 27.6 Å². The fourth-order valence-electron chi connectivity index (χ4n) is 6.10. The minimum absolute atomic E-state index is 0.160. The van der Waals surface area contributed by atoms with Gasteiger partial charge in [0.15, 0.2) is 0 Å². The zero-order chi connectivity index (χ0) is 30.3. The van der Waals surface area contributed by atoms with Crippen molar-refractivity contribution in [3.05, 3.63) is 59.7 Å². The summed E-state index contributed by atoms with van der Waals surface area (Å²) in [4.78, 5) is 41.5. The van der Waals surface area contributed by atoms with Gasteiger partial charge in [0.25, 0.3) is 0 Å². The predicted octanol–water partition coefficient (Wildman–Crippen LogP) is 6.47. The number of alkyl halides is 3. The van der Waals surface area contributed by atoms with Crippen LogP contribution in [0.4, 0.5) is 13.2 Å². The highest BCUT2D eigenvalue weighted by Crippen LogP contribution is 2.36. The van der Waals surface area contributed by atoms with E-state index in [-0.39, 0.29) is 11.8 Å². The number of hydrogen-bond acceptors (Lipinski definition) is 3. The van der Waals surface area contributed by atoms with Crippen molar-refractivity contribution in [2.75, 3.05) is 6.54 Å². The third kappa shape index (κ3) is 8.13. The van der Waals surface area contributed by atoms with Gasteiger partial charge in [0.05, 0.1) is 5.56 Å². The minimum Gasteiger partial charge on any atom is -0.369 e. The molecule has 2 aromatic rings. The smallest absolute Gasteiger partial charge is 0.369 e. The number of likely N-dealkylation sites (tertiary alicyclic amines) is 1. The molecule has 1 saturated heterocycles. The van der Waals surface area contributed by atoms with Gasteiger partial charge in [0, 0.05) is 24.9 Å². The van der Waals surface area contributed by atoms with Crippen molar-refractivity contribution in [3.8, 4) is 11.1 Å². The molecule has 6 nitrogen and oxygen atoms in total. The summed E-state index contributed by atoms with van der Waals surface area (Å²) in [6.07, 6.45) is 3.82. The van der Waals surface area contributed by atoms with E-state index < -0.39 is 35.5 Å². The molecular weight excluding hydrogens is 543 g/mol. The van der Waals surface area contributed by atoms with Gasteiger partial charge in [-0.15, -0.1) is 0 Å². The van der Waals surface area contributed by atoms with Crippen molar-refractivity contribution >= 4 is 17.7 Å². The van der Waals surface area contributed by atoms with Crippen LogP contribution in [0.1, 0.15) is 82.3 Å². The Bertz CT molecular complexity index is 1230. The summed E-state index contributed by atoms with van der Waals surface area (Å²) in [5.41, 5.74) is 7.35. The normalized spacial score (nSPS) is 19.5. The molecule has 3 amide bonds. The lowest BCUT2D eigenvalue weighted by atomic mass is 9.73. The predicted molar refractivity (Wildman–Crippen MR) is 156 cm³/mol. The molecule has 0 bridgehead atoms. The van der Waals surface area contributed by atoms with E-state index in [1.807, 2.05) is 31.2 Å². The molecule has 2 aromatic carbocycles. The van der Waals surface area contributed by atoms with E-state index in [0.29, 0.717) is 43.8 Å². The number of nitrogens with zero attached hydrogens (tertiary/aromatic N) is 1. The van der Waals surface area contributed by atoms with Crippen molar-refractivity contribution in [3.63, 3.8) is 0 Å². The van der Waals surface area contributed by atoms with Gasteiger partial charge in [-0.05, 0) is 72.9 Å². The molecule has 228 valence electrons. The molecule has 0 aromatic heterocycles. The number of nitrogens with two attached hydrogens (primary N) is 1. The first kappa shape index (κ1) is 31.6. The zero-order valence-corrected chi connectivity index (χ0v) is 24.3. The van der Waals surface area contributed by atoms with Crippen molar-refractivity contribution in [2.24, 2.45) is 23.5 Å². The standard InChI is InChI=1S/C33H42F3N3O3/c1-2-3-12-27(30(37)40)28(20-22-8-6-9-22)31(41)38-29-13-4-5-18-39(32(29)42)21-23-10-7-11-25(19-23)24-14-16-26(17-15-24)33(34,35)36/h7,10-11,14-17,19,22,27-29H,2-6,8-9,12-13,18,20-21H2,1H3,(H2,37,40)(H,38,41)/t27?,28?,29-/m0/s1. The van der Waals surface area contributed by atoms with Crippen LogP contribution in [0.25, 0.3) is 11.1 Å². The van der Waals surface area contributed by atoms with Crippen molar-refractivity contribution < 1.29 is 27.6 Å².